The number of unbranched alkanes of at least 4 members (excludes halogenated alkanes) is 22. The summed E-state index contributed by atoms with van der Waals surface area (Å²) in [6.07, 6.45) is 78.1. The lowest BCUT2D eigenvalue weighted by Crippen LogP contribution is -2.30. The molecule has 0 aliphatic rings. The number of ether oxygens (including phenoxy) is 3. The van der Waals surface area contributed by atoms with Gasteiger partial charge in [0.2, 0.25) is 0 Å². The predicted molar refractivity (Wildman–Crippen MR) is 302 cm³/mol. The molecule has 0 amide bonds. The first kappa shape index (κ1) is 66.1. The molecule has 0 saturated carbocycles. The van der Waals surface area contributed by atoms with Crippen LogP contribution in [0.4, 0.5) is 0 Å². The molecule has 398 valence electrons. The number of hydrogen-bond donors (Lipinski definition) is 0. The van der Waals surface area contributed by atoms with Gasteiger partial charge in [-0.05, 0) is 109 Å². The zero-order valence-electron chi connectivity index (χ0n) is 45.5. The minimum atomic E-state index is -0.816. The molecule has 1 unspecified atom stereocenters. The number of carbonyl (C=O) groups excluding carboxylic acids is 3. The number of carbonyl (C=O) groups is 3. The molecule has 0 aromatic heterocycles. The second-order valence-corrected chi connectivity index (χ2v) is 18.8. The molecule has 0 aliphatic heterocycles. The second kappa shape index (κ2) is 57.6. The molecular weight excluding hydrogens is 865 g/mol. The summed E-state index contributed by atoms with van der Waals surface area (Å²) in [5.41, 5.74) is 0. The van der Waals surface area contributed by atoms with Crippen LogP contribution in [0.3, 0.4) is 0 Å². The van der Waals surface area contributed by atoms with E-state index in [0.29, 0.717) is 19.3 Å². The van der Waals surface area contributed by atoms with Crippen molar-refractivity contribution in [2.45, 2.75) is 264 Å². The van der Waals surface area contributed by atoms with Gasteiger partial charge in [0.25, 0.3) is 0 Å². The van der Waals surface area contributed by atoms with Crippen LogP contribution in [0, 0.1) is 0 Å². The average Bonchev–Trinajstić information content (AvgIpc) is 3.36. The van der Waals surface area contributed by atoms with Gasteiger partial charge in [-0.2, -0.15) is 0 Å². The van der Waals surface area contributed by atoms with Crippen molar-refractivity contribution < 1.29 is 28.6 Å². The van der Waals surface area contributed by atoms with Gasteiger partial charge in [-0.3, -0.25) is 14.4 Å². The highest BCUT2D eigenvalue weighted by atomic mass is 16.6. The zero-order chi connectivity index (χ0) is 50.7. The standard InChI is InChI=1S/C64H106O6/c1-4-7-10-13-16-19-22-25-28-30-32-34-36-39-42-45-48-51-54-57-63(66)69-60-61(59-68-62(65)56-53-50-47-44-41-38-27-24-21-18-15-12-9-6-3)70-64(67)58-55-52-49-46-43-40-37-35-33-31-29-26-23-20-17-14-11-8-5-2/h7,9-10,12,16,18-19,21,25,28,31-34,39,42,48,51,61H,4-6,8,11,13-15,17,20,22-24,26-27,29-30,35-38,40-41,43-47,49-50,52-60H2,1-3H3/b10-7-,12-9-,19-16-,21-18-,28-25-,33-31-,34-32-,42-39-,51-48-. The van der Waals surface area contributed by atoms with Gasteiger partial charge < -0.3 is 14.2 Å². The van der Waals surface area contributed by atoms with E-state index in [9.17, 15) is 14.4 Å². The number of hydrogen-bond acceptors (Lipinski definition) is 6. The number of esters is 3. The molecule has 70 heavy (non-hydrogen) atoms. The van der Waals surface area contributed by atoms with Crippen molar-refractivity contribution >= 4 is 17.9 Å². The SMILES string of the molecule is CC/C=C\C/C=C\C/C=C\C/C=C\C/C=C\C/C=C\CCC(=O)OCC(COC(=O)CCCCCCCCC/C=C\C/C=C\CC)OC(=O)CCCCCCCCC/C=C\CCCCCCCCCC. The van der Waals surface area contributed by atoms with Crippen molar-refractivity contribution in [2.75, 3.05) is 13.2 Å². The van der Waals surface area contributed by atoms with Crippen LogP contribution in [0.15, 0.2) is 109 Å². The Morgan fingerprint density at radius 1 is 0.300 bits per heavy atom. The van der Waals surface area contributed by atoms with Gasteiger partial charge >= 0.3 is 17.9 Å². The van der Waals surface area contributed by atoms with E-state index < -0.39 is 6.10 Å². The van der Waals surface area contributed by atoms with Gasteiger partial charge in [0.15, 0.2) is 6.10 Å². The third-order valence-corrected chi connectivity index (χ3v) is 12.0. The van der Waals surface area contributed by atoms with E-state index in [1.807, 2.05) is 6.08 Å². The summed E-state index contributed by atoms with van der Waals surface area (Å²) < 4.78 is 16.8. The summed E-state index contributed by atoms with van der Waals surface area (Å²) >= 11 is 0. The maximum Gasteiger partial charge on any atom is 0.306 e. The van der Waals surface area contributed by atoms with Gasteiger partial charge in [-0.1, -0.05) is 239 Å². The highest BCUT2D eigenvalue weighted by molar-refractivity contribution is 5.71. The lowest BCUT2D eigenvalue weighted by Gasteiger charge is -2.18. The average molecular weight is 972 g/mol. The van der Waals surface area contributed by atoms with E-state index in [-0.39, 0.29) is 37.5 Å². The predicted octanol–water partition coefficient (Wildman–Crippen LogP) is 19.5. The first-order chi connectivity index (χ1) is 34.5. The maximum atomic E-state index is 12.9. The topological polar surface area (TPSA) is 78.9 Å². The van der Waals surface area contributed by atoms with Crippen molar-refractivity contribution in [3.63, 3.8) is 0 Å². The van der Waals surface area contributed by atoms with Gasteiger partial charge in [-0.25, -0.2) is 0 Å². The van der Waals surface area contributed by atoms with Crippen LogP contribution in [-0.2, 0) is 28.6 Å². The molecule has 0 N–H and O–H groups in total. The molecule has 0 rings (SSSR count). The Kier molecular flexibility index (Phi) is 54.4. The molecule has 6 heteroatoms. The molecule has 6 nitrogen and oxygen atoms in total. The van der Waals surface area contributed by atoms with E-state index >= 15 is 0 Å². The molecule has 1 atom stereocenters. The van der Waals surface area contributed by atoms with E-state index in [1.54, 1.807) is 0 Å². The van der Waals surface area contributed by atoms with Crippen LogP contribution in [0.1, 0.15) is 258 Å². The van der Waals surface area contributed by atoms with Crippen LogP contribution in [0.5, 0.6) is 0 Å². The molecule has 0 aromatic carbocycles. The van der Waals surface area contributed by atoms with Crippen LogP contribution < -0.4 is 0 Å². The molecule has 0 fully saturated rings. The third-order valence-electron chi connectivity index (χ3n) is 12.0. The molecular formula is C64H106O6. The summed E-state index contributed by atoms with van der Waals surface area (Å²) in [4.78, 5) is 38.1. The molecule has 0 aromatic rings. The first-order valence-electron chi connectivity index (χ1n) is 28.9. The van der Waals surface area contributed by atoms with Gasteiger partial charge in [0.05, 0.1) is 0 Å². The number of rotatable bonds is 51. The lowest BCUT2D eigenvalue weighted by atomic mass is 10.1. The molecule has 0 aliphatic carbocycles. The Balaban J connectivity index is 4.50. The summed E-state index contributed by atoms with van der Waals surface area (Å²) in [5.74, 6) is -1.01. The van der Waals surface area contributed by atoms with E-state index in [4.69, 9.17) is 14.2 Å². The monoisotopic (exact) mass is 971 g/mol. The Morgan fingerprint density at radius 3 is 0.971 bits per heavy atom. The number of allylic oxidation sites excluding steroid dienone is 18. The summed E-state index contributed by atoms with van der Waals surface area (Å²) in [6, 6.07) is 0. The fourth-order valence-electron chi connectivity index (χ4n) is 7.74. The van der Waals surface area contributed by atoms with Crippen molar-refractivity contribution in [2.24, 2.45) is 0 Å². The fourth-order valence-corrected chi connectivity index (χ4v) is 7.74. The van der Waals surface area contributed by atoms with Gasteiger partial charge in [0, 0.05) is 19.3 Å². The Hall–Kier alpha value is -3.93. The molecule has 0 heterocycles. The van der Waals surface area contributed by atoms with E-state index in [0.717, 1.165) is 96.3 Å². The molecule has 0 saturated heterocycles. The smallest absolute Gasteiger partial charge is 0.306 e. The highest BCUT2D eigenvalue weighted by Crippen LogP contribution is 2.14. The second-order valence-electron chi connectivity index (χ2n) is 18.8. The largest absolute Gasteiger partial charge is 0.462 e. The maximum absolute atomic E-state index is 12.9. The van der Waals surface area contributed by atoms with Crippen molar-refractivity contribution in [1.82, 2.24) is 0 Å². The quantitative estimate of drug-likeness (QED) is 0.0262. The van der Waals surface area contributed by atoms with Crippen LogP contribution in [0.25, 0.3) is 0 Å². The van der Waals surface area contributed by atoms with Gasteiger partial charge in [-0.15, -0.1) is 0 Å². The minimum absolute atomic E-state index is 0.108. The summed E-state index contributed by atoms with van der Waals surface area (Å²) in [5, 5.41) is 0. The minimum Gasteiger partial charge on any atom is -0.462 e. The Labute approximate surface area is 431 Å². The fraction of sp³-hybridized carbons (Fsp3) is 0.672. The molecule has 0 bridgehead atoms. The Bertz CT molecular complexity index is 1440. The normalized spacial score (nSPS) is 12.9. The van der Waals surface area contributed by atoms with E-state index in [2.05, 4.69) is 124 Å². The lowest BCUT2D eigenvalue weighted by molar-refractivity contribution is -0.166. The van der Waals surface area contributed by atoms with E-state index in [1.165, 1.54) is 116 Å². The zero-order valence-corrected chi connectivity index (χ0v) is 45.5. The van der Waals surface area contributed by atoms with Crippen LogP contribution in [-0.4, -0.2) is 37.2 Å². The van der Waals surface area contributed by atoms with Crippen LogP contribution in [0.2, 0.25) is 0 Å². The van der Waals surface area contributed by atoms with Crippen LogP contribution >= 0.6 is 0 Å². The van der Waals surface area contributed by atoms with Crippen molar-refractivity contribution in [1.29, 1.82) is 0 Å². The van der Waals surface area contributed by atoms with Crippen molar-refractivity contribution in [3.05, 3.63) is 109 Å². The Morgan fingerprint density at radius 2 is 0.586 bits per heavy atom. The third kappa shape index (κ3) is 55.0. The first-order valence-corrected chi connectivity index (χ1v) is 28.9. The molecule has 0 radical (unpaired) electrons. The molecule has 0 spiro atoms. The highest BCUT2D eigenvalue weighted by Gasteiger charge is 2.19. The van der Waals surface area contributed by atoms with Gasteiger partial charge in [0.1, 0.15) is 13.2 Å². The van der Waals surface area contributed by atoms with Crippen molar-refractivity contribution in [3.8, 4) is 0 Å². The summed E-state index contributed by atoms with van der Waals surface area (Å²) in [7, 11) is 0. The summed E-state index contributed by atoms with van der Waals surface area (Å²) in [6.45, 7) is 6.35.